The van der Waals surface area contributed by atoms with Gasteiger partial charge in [-0.2, -0.15) is 11.3 Å². The third-order valence-corrected chi connectivity index (χ3v) is 4.27. The van der Waals surface area contributed by atoms with Gasteiger partial charge in [-0.25, -0.2) is 0 Å². The van der Waals surface area contributed by atoms with E-state index in [4.69, 9.17) is 10.5 Å². The average Bonchev–Trinajstić information content (AvgIpc) is 3.02. The molecule has 1 aliphatic heterocycles. The molecule has 2 heterocycles. The molecule has 0 spiro atoms. The van der Waals surface area contributed by atoms with Crippen molar-refractivity contribution in [3.05, 3.63) is 22.4 Å². The Hall–Kier alpha value is -1.15. The van der Waals surface area contributed by atoms with Crippen LogP contribution in [0.15, 0.2) is 16.8 Å². The van der Waals surface area contributed by atoms with Crippen molar-refractivity contribution in [2.75, 3.05) is 26.8 Å². The molecule has 2 rings (SSSR count). The molecule has 0 aliphatic carbocycles. The highest BCUT2D eigenvalue weighted by molar-refractivity contribution is 7.08. The topological polar surface area (TPSA) is 84.7 Å². The van der Waals surface area contributed by atoms with Crippen molar-refractivity contribution < 1.29 is 14.3 Å². The fourth-order valence-corrected chi connectivity index (χ4v) is 3.03. The molecule has 8 heteroatoms. The van der Waals surface area contributed by atoms with E-state index in [9.17, 15) is 9.59 Å². The third-order valence-electron chi connectivity index (χ3n) is 3.59. The fourth-order valence-electron chi connectivity index (χ4n) is 2.39. The van der Waals surface area contributed by atoms with E-state index in [-0.39, 0.29) is 36.9 Å². The molecule has 1 aliphatic rings. The molecular weight excluding hydrogens is 326 g/mol. The molecule has 22 heavy (non-hydrogen) atoms. The summed E-state index contributed by atoms with van der Waals surface area (Å²) >= 11 is 1.50. The highest BCUT2D eigenvalue weighted by atomic mass is 35.5. The van der Waals surface area contributed by atoms with Gasteiger partial charge >= 0.3 is 0 Å². The van der Waals surface area contributed by atoms with Crippen LogP contribution in [-0.2, 0) is 9.53 Å². The van der Waals surface area contributed by atoms with Gasteiger partial charge in [0, 0.05) is 37.2 Å². The van der Waals surface area contributed by atoms with Crippen LogP contribution in [0.5, 0.6) is 0 Å². The number of hydrogen-bond donors (Lipinski definition) is 2. The van der Waals surface area contributed by atoms with Gasteiger partial charge in [0.15, 0.2) is 0 Å². The Kier molecular flexibility index (Phi) is 7.81. The Labute approximate surface area is 140 Å². The maximum atomic E-state index is 12.0. The lowest BCUT2D eigenvalue weighted by atomic mass is 10.0. The first kappa shape index (κ1) is 18.9. The summed E-state index contributed by atoms with van der Waals surface area (Å²) in [6.07, 6.45) is 1.50. The van der Waals surface area contributed by atoms with Crippen LogP contribution >= 0.6 is 23.7 Å². The van der Waals surface area contributed by atoms with E-state index in [2.05, 4.69) is 5.32 Å². The quantitative estimate of drug-likeness (QED) is 0.827. The Morgan fingerprint density at radius 1 is 1.50 bits per heavy atom. The van der Waals surface area contributed by atoms with E-state index in [1.807, 2.05) is 16.8 Å². The van der Waals surface area contributed by atoms with Crippen LogP contribution in [0.3, 0.4) is 0 Å². The summed E-state index contributed by atoms with van der Waals surface area (Å²) in [6, 6.07) is 1.31. The molecule has 6 nitrogen and oxygen atoms in total. The summed E-state index contributed by atoms with van der Waals surface area (Å²) in [4.78, 5) is 25.7. The first-order valence-corrected chi connectivity index (χ1v) is 7.92. The van der Waals surface area contributed by atoms with Crippen LogP contribution in [0.1, 0.15) is 23.2 Å². The van der Waals surface area contributed by atoms with Crippen LogP contribution in [-0.4, -0.2) is 55.6 Å². The number of likely N-dealkylation sites (tertiary alicyclic amines) is 1. The van der Waals surface area contributed by atoms with Gasteiger partial charge in [-0.3, -0.25) is 9.59 Å². The summed E-state index contributed by atoms with van der Waals surface area (Å²) in [5.74, 6) is -0.128. The molecule has 1 saturated heterocycles. The number of nitrogens with two attached hydrogens (primary N) is 1. The number of thiophene rings is 1. The number of carbonyl (C=O) groups is 2. The zero-order valence-electron chi connectivity index (χ0n) is 12.5. The molecule has 0 saturated carbocycles. The molecule has 2 amide bonds. The molecule has 1 fully saturated rings. The highest BCUT2D eigenvalue weighted by Crippen LogP contribution is 2.13. The van der Waals surface area contributed by atoms with Crippen molar-refractivity contribution in [3.8, 4) is 0 Å². The lowest BCUT2D eigenvalue weighted by molar-refractivity contribution is -0.134. The minimum atomic E-state index is -0.605. The Balaban J connectivity index is 0.00000242. The van der Waals surface area contributed by atoms with E-state index >= 15 is 0 Å². The minimum absolute atomic E-state index is 0. The van der Waals surface area contributed by atoms with Gasteiger partial charge < -0.3 is 20.7 Å². The Morgan fingerprint density at radius 3 is 2.73 bits per heavy atom. The van der Waals surface area contributed by atoms with Gasteiger partial charge in [-0.05, 0) is 24.3 Å². The van der Waals surface area contributed by atoms with E-state index < -0.39 is 6.04 Å². The van der Waals surface area contributed by atoms with Crippen molar-refractivity contribution in [2.45, 2.75) is 24.9 Å². The fraction of sp³-hybridized carbons (Fsp3) is 0.571. The number of nitrogens with one attached hydrogen (secondary N) is 1. The van der Waals surface area contributed by atoms with Crippen LogP contribution < -0.4 is 11.1 Å². The monoisotopic (exact) mass is 347 g/mol. The zero-order chi connectivity index (χ0) is 15.2. The lowest BCUT2D eigenvalue weighted by Gasteiger charge is -2.33. The van der Waals surface area contributed by atoms with Gasteiger partial charge in [0.2, 0.25) is 5.91 Å². The second kappa shape index (κ2) is 9.09. The molecular formula is C14H22ClN3O3S. The molecule has 124 valence electrons. The van der Waals surface area contributed by atoms with Crippen LogP contribution in [0, 0.1) is 0 Å². The minimum Gasteiger partial charge on any atom is -0.383 e. The van der Waals surface area contributed by atoms with Crippen molar-refractivity contribution in [1.82, 2.24) is 10.2 Å². The van der Waals surface area contributed by atoms with E-state index in [1.54, 1.807) is 4.90 Å². The highest BCUT2D eigenvalue weighted by Gasteiger charge is 2.27. The zero-order valence-corrected chi connectivity index (χ0v) is 14.1. The van der Waals surface area contributed by atoms with Crippen molar-refractivity contribution >= 4 is 35.6 Å². The number of carbonyl (C=O) groups excluding carboxylic acids is 2. The summed E-state index contributed by atoms with van der Waals surface area (Å²) in [6.45, 7) is 1.46. The molecule has 0 aromatic carbocycles. The molecule has 0 radical (unpaired) electrons. The smallest absolute Gasteiger partial charge is 0.252 e. The van der Waals surface area contributed by atoms with Crippen molar-refractivity contribution in [1.29, 1.82) is 0 Å². The lowest BCUT2D eigenvalue weighted by Crippen LogP contribution is -2.52. The number of piperidine rings is 1. The number of methoxy groups -OCH3 is 1. The van der Waals surface area contributed by atoms with Crippen LogP contribution in [0.4, 0.5) is 0 Å². The molecule has 3 N–H and O–H groups in total. The van der Waals surface area contributed by atoms with Gasteiger partial charge in [0.25, 0.3) is 5.91 Å². The van der Waals surface area contributed by atoms with Gasteiger partial charge in [-0.15, -0.1) is 12.4 Å². The Morgan fingerprint density at radius 2 is 2.18 bits per heavy atom. The Bertz CT molecular complexity index is 476. The van der Waals surface area contributed by atoms with E-state index in [1.165, 1.54) is 18.4 Å². The number of rotatable bonds is 5. The molecule has 1 aromatic rings. The van der Waals surface area contributed by atoms with Gasteiger partial charge in [0.05, 0.1) is 6.61 Å². The summed E-state index contributed by atoms with van der Waals surface area (Å²) in [5.41, 5.74) is 6.45. The first-order valence-electron chi connectivity index (χ1n) is 6.98. The predicted octanol–water partition coefficient (Wildman–Crippen LogP) is 0.864. The number of nitrogens with zero attached hydrogens (tertiary/aromatic N) is 1. The predicted molar refractivity (Wildman–Crippen MR) is 88.5 cm³/mol. The third kappa shape index (κ3) is 4.95. The summed E-state index contributed by atoms with van der Waals surface area (Å²) in [7, 11) is 1.53. The maximum absolute atomic E-state index is 12.0. The number of ether oxygens (including phenoxy) is 1. The normalized spacial score (nSPS) is 16.7. The first-order chi connectivity index (χ1) is 10.1. The summed E-state index contributed by atoms with van der Waals surface area (Å²) in [5, 5.41) is 6.72. The molecule has 1 aromatic heterocycles. The van der Waals surface area contributed by atoms with E-state index in [0.717, 1.165) is 12.8 Å². The molecule has 0 bridgehead atoms. The number of hydrogen-bond acceptors (Lipinski definition) is 5. The largest absolute Gasteiger partial charge is 0.383 e. The van der Waals surface area contributed by atoms with Crippen LogP contribution in [0.25, 0.3) is 0 Å². The maximum Gasteiger partial charge on any atom is 0.252 e. The number of amides is 2. The van der Waals surface area contributed by atoms with Gasteiger partial charge in [-0.1, -0.05) is 0 Å². The summed E-state index contributed by atoms with van der Waals surface area (Å²) < 4.78 is 4.90. The second-order valence-corrected chi connectivity index (χ2v) is 5.93. The van der Waals surface area contributed by atoms with Crippen molar-refractivity contribution in [2.24, 2.45) is 5.73 Å². The van der Waals surface area contributed by atoms with Crippen molar-refractivity contribution in [3.63, 3.8) is 0 Å². The molecule has 1 atom stereocenters. The number of halogens is 1. The average molecular weight is 348 g/mol. The second-order valence-electron chi connectivity index (χ2n) is 5.15. The van der Waals surface area contributed by atoms with Crippen LogP contribution in [0.2, 0.25) is 0 Å². The SMILES string of the molecule is COCC(N)C(=O)N1CCC(NC(=O)c2ccsc2)CC1.Cl. The van der Waals surface area contributed by atoms with E-state index in [0.29, 0.717) is 18.7 Å². The standard InChI is InChI=1S/C14H21N3O3S.ClH/c1-20-8-12(15)14(19)17-5-2-11(3-6-17)16-13(18)10-4-7-21-9-10;/h4,7,9,11-12H,2-3,5-6,8,15H2,1H3,(H,16,18);1H. The van der Waals surface area contributed by atoms with Gasteiger partial charge in [0.1, 0.15) is 6.04 Å². The molecule has 1 unspecified atom stereocenters.